The van der Waals surface area contributed by atoms with Crippen LogP contribution in [0, 0.1) is 13.8 Å². The van der Waals surface area contributed by atoms with Gasteiger partial charge in [-0.1, -0.05) is 5.16 Å². The second kappa shape index (κ2) is 6.60. The van der Waals surface area contributed by atoms with Gasteiger partial charge in [-0.05, 0) is 39.5 Å². The first-order valence-electron chi connectivity index (χ1n) is 7.77. The van der Waals surface area contributed by atoms with Crippen LogP contribution in [0.1, 0.15) is 53.8 Å². The van der Waals surface area contributed by atoms with Gasteiger partial charge >= 0.3 is 0 Å². The highest BCUT2D eigenvalue weighted by Gasteiger charge is 2.29. The number of aromatic nitrogens is 2. The first-order valence-corrected chi connectivity index (χ1v) is 8.65. The van der Waals surface area contributed by atoms with Crippen molar-refractivity contribution in [1.82, 2.24) is 15.0 Å². The SMILES string of the molecule is Cc1noc(C)c1CCC(=O)N1CCCCC1c1nccs1. The van der Waals surface area contributed by atoms with Crippen LogP contribution in [0.25, 0.3) is 0 Å². The van der Waals surface area contributed by atoms with E-state index in [0.29, 0.717) is 12.8 Å². The van der Waals surface area contributed by atoms with Gasteiger partial charge < -0.3 is 9.42 Å². The van der Waals surface area contributed by atoms with Crippen molar-refractivity contribution in [2.45, 2.75) is 52.0 Å². The molecule has 0 aromatic carbocycles. The van der Waals surface area contributed by atoms with Gasteiger partial charge in [-0.15, -0.1) is 11.3 Å². The Morgan fingerprint density at radius 2 is 2.32 bits per heavy atom. The average molecular weight is 319 g/mol. The van der Waals surface area contributed by atoms with Crippen LogP contribution in [0.2, 0.25) is 0 Å². The van der Waals surface area contributed by atoms with Gasteiger partial charge in [0.2, 0.25) is 5.91 Å². The fourth-order valence-corrected chi connectivity index (χ4v) is 3.91. The van der Waals surface area contributed by atoms with Crippen LogP contribution < -0.4 is 0 Å². The Hall–Kier alpha value is -1.69. The molecule has 1 aliphatic rings. The lowest BCUT2D eigenvalue weighted by atomic mass is 10.0. The Kier molecular flexibility index (Phi) is 4.57. The smallest absolute Gasteiger partial charge is 0.223 e. The van der Waals surface area contributed by atoms with Gasteiger partial charge in [0.15, 0.2) is 0 Å². The molecule has 0 radical (unpaired) electrons. The van der Waals surface area contributed by atoms with Gasteiger partial charge in [-0.25, -0.2) is 4.98 Å². The number of rotatable bonds is 4. The summed E-state index contributed by atoms with van der Waals surface area (Å²) in [6.45, 7) is 4.67. The molecule has 6 heteroatoms. The molecule has 0 spiro atoms. The summed E-state index contributed by atoms with van der Waals surface area (Å²) in [5, 5.41) is 7.00. The van der Waals surface area contributed by atoms with Crippen molar-refractivity contribution in [3.8, 4) is 0 Å². The highest BCUT2D eigenvalue weighted by Crippen LogP contribution is 2.32. The van der Waals surface area contributed by atoms with Crippen LogP contribution in [-0.2, 0) is 11.2 Å². The molecule has 1 atom stereocenters. The van der Waals surface area contributed by atoms with Crippen molar-refractivity contribution < 1.29 is 9.32 Å². The predicted molar refractivity (Wildman–Crippen MR) is 84.7 cm³/mol. The van der Waals surface area contributed by atoms with E-state index in [9.17, 15) is 4.79 Å². The van der Waals surface area contributed by atoms with Gasteiger partial charge in [-0.2, -0.15) is 0 Å². The molecule has 5 nitrogen and oxygen atoms in total. The maximum Gasteiger partial charge on any atom is 0.223 e. The third-order valence-corrected chi connectivity index (χ3v) is 5.21. The van der Waals surface area contributed by atoms with E-state index in [2.05, 4.69) is 10.1 Å². The number of amides is 1. The number of likely N-dealkylation sites (tertiary alicyclic amines) is 1. The predicted octanol–water partition coefficient (Wildman–Crippen LogP) is 3.43. The van der Waals surface area contributed by atoms with E-state index in [-0.39, 0.29) is 11.9 Å². The maximum atomic E-state index is 12.7. The lowest BCUT2D eigenvalue weighted by Crippen LogP contribution is -2.38. The minimum atomic E-state index is 0.158. The third kappa shape index (κ3) is 3.06. The van der Waals surface area contributed by atoms with E-state index in [4.69, 9.17) is 4.52 Å². The van der Waals surface area contributed by atoms with Gasteiger partial charge in [0.25, 0.3) is 0 Å². The number of aryl methyl sites for hydroxylation is 2. The topological polar surface area (TPSA) is 59.2 Å². The van der Waals surface area contributed by atoms with E-state index >= 15 is 0 Å². The molecule has 1 saturated heterocycles. The standard InChI is InChI=1S/C16H21N3O2S/c1-11-13(12(2)21-18-11)6-7-15(20)19-9-4-3-5-14(19)16-17-8-10-22-16/h8,10,14H,3-7,9H2,1-2H3. The molecular weight excluding hydrogens is 298 g/mol. The molecule has 1 fully saturated rings. The summed E-state index contributed by atoms with van der Waals surface area (Å²) >= 11 is 1.64. The summed E-state index contributed by atoms with van der Waals surface area (Å²) in [5.74, 6) is 1.03. The van der Waals surface area contributed by atoms with Crippen LogP contribution in [0.15, 0.2) is 16.1 Å². The molecule has 1 amide bonds. The van der Waals surface area contributed by atoms with E-state index in [1.807, 2.05) is 30.3 Å². The lowest BCUT2D eigenvalue weighted by Gasteiger charge is -2.34. The Morgan fingerprint density at radius 3 is 3.00 bits per heavy atom. The molecule has 0 bridgehead atoms. The summed E-state index contributed by atoms with van der Waals surface area (Å²) in [5.41, 5.74) is 1.96. The molecule has 0 aliphatic carbocycles. The summed E-state index contributed by atoms with van der Waals surface area (Å²) in [4.78, 5) is 19.1. The Labute approximate surface area is 134 Å². The van der Waals surface area contributed by atoms with Crippen LogP contribution in [-0.4, -0.2) is 27.5 Å². The minimum Gasteiger partial charge on any atom is -0.361 e. The summed E-state index contributed by atoms with van der Waals surface area (Å²) < 4.78 is 5.17. The molecule has 3 heterocycles. The van der Waals surface area contributed by atoms with E-state index in [1.54, 1.807) is 11.3 Å². The lowest BCUT2D eigenvalue weighted by molar-refractivity contribution is -0.135. The van der Waals surface area contributed by atoms with E-state index in [0.717, 1.165) is 47.8 Å². The Balaban J connectivity index is 1.67. The van der Waals surface area contributed by atoms with Crippen LogP contribution in [0.5, 0.6) is 0 Å². The second-order valence-electron chi connectivity index (χ2n) is 5.77. The Bertz CT molecular complexity index is 616. The van der Waals surface area contributed by atoms with Crippen molar-refractivity contribution in [3.05, 3.63) is 33.6 Å². The van der Waals surface area contributed by atoms with Crippen LogP contribution >= 0.6 is 11.3 Å². The third-order valence-electron chi connectivity index (χ3n) is 4.33. The quantitative estimate of drug-likeness (QED) is 0.866. The second-order valence-corrected chi connectivity index (χ2v) is 6.70. The number of carbonyl (C=O) groups excluding carboxylic acids is 1. The number of nitrogens with zero attached hydrogens (tertiary/aromatic N) is 3. The number of piperidine rings is 1. The van der Waals surface area contributed by atoms with Crippen LogP contribution in [0.4, 0.5) is 0 Å². The number of thiazole rings is 1. The summed E-state index contributed by atoms with van der Waals surface area (Å²) in [6, 6.07) is 0.158. The molecule has 2 aromatic rings. The van der Waals surface area contributed by atoms with Gasteiger partial charge in [-0.3, -0.25) is 4.79 Å². The highest BCUT2D eigenvalue weighted by molar-refractivity contribution is 7.09. The zero-order valence-corrected chi connectivity index (χ0v) is 13.9. The number of hydrogen-bond acceptors (Lipinski definition) is 5. The van der Waals surface area contributed by atoms with Crippen molar-refractivity contribution >= 4 is 17.2 Å². The van der Waals surface area contributed by atoms with Crippen molar-refractivity contribution in [3.63, 3.8) is 0 Å². The van der Waals surface area contributed by atoms with E-state index in [1.165, 1.54) is 0 Å². The normalized spacial score (nSPS) is 18.6. The first-order chi connectivity index (χ1) is 10.7. The molecule has 22 heavy (non-hydrogen) atoms. The molecular formula is C16H21N3O2S. The average Bonchev–Trinajstić information content (AvgIpc) is 3.16. The van der Waals surface area contributed by atoms with E-state index < -0.39 is 0 Å². The van der Waals surface area contributed by atoms with Gasteiger partial charge in [0.1, 0.15) is 10.8 Å². The summed E-state index contributed by atoms with van der Waals surface area (Å²) in [7, 11) is 0. The maximum absolute atomic E-state index is 12.7. The van der Waals surface area contributed by atoms with Gasteiger partial charge in [0, 0.05) is 30.1 Å². The largest absolute Gasteiger partial charge is 0.361 e. The highest BCUT2D eigenvalue weighted by atomic mass is 32.1. The zero-order valence-electron chi connectivity index (χ0n) is 13.0. The Morgan fingerprint density at radius 1 is 1.45 bits per heavy atom. The fraction of sp³-hybridized carbons (Fsp3) is 0.562. The van der Waals surface area contributed by atoms with Crippen molar-refractivity contribution in [1.29, 1.82) is 0 Å². The number of carbonyl (C=O) groups is 1. The zero-order chi connectivity index (χ0) is 15.5. The van der Waals surface area contributed by atoms with Crippen LogP contribution in [0.3, 0.4) is 0 Å². The first kappa shape index (κ1) is 15.2. The molecule has 118 valence electrons. The van der Waals surface area contributed by atoms with Crippen molar-refractivity contribution in [2.24, 2.45) is 0 Å². The van der Waals surface area contributed by atoms with Crippen molar-refractivity contribution in [2.75, 3.05) is 6.54 Å². The summed E-state index contributed by atoms with van der Waals surface area (Å²) in [6.07, 6.45) is 6.29. The van der Waals surface area contributed by atoms with Gasteiger partial charge in [0.05, 0.1) is 11.7 Å². The molecule has 0 N–H and O–H groups in total. The number of hydrogen-bond donors (Lipinski definition) is 0. The minimum absolute atomic E-state index is 0.158. The monoisotopic (exact) mass is 319 g/mol. The molecule has 0 saturated carbocycles. The molecule has 3 rings (SSSR count). The molecule has 1 aliphatic heterocycles. The molecule has 1 unspecified atom stereocenters. The fourth-order valence-electron chi connectivity index (χ4n) is 3.12. The molecule has 2 aromatic heterocycles.